The summed E-state index contributed by atoms with van der Waals surface area (Å²) in [5, 5.41) is 0. The molecule has 1 aliphatic carbocycles. The maximum Gasteiger partial charge on any atom is 0.248 e. The minimum absolute atomic E-state index is 0.0385. The zero-order chi connectivity index (χ0) is 10.6. The molecule has 14 heavy (non-hydrogen) atoms. The highest BCUT2D eigenvalue weighted by atomic mass is 19.3. The van der Waals surface area contributed by atoms with Crippen molar-refractivity contribution in [3.63, 3.8) is 0 Å². The van der Waals surface area contributed by atoms with Crippen LogP contribution < -0.4 is 17.0 Å². The molecule has 0 unspecified atom stereocenters. The van der Waals surface area contributed by atoms with Gasteiger partial charge in [0.1, 0.15) is 0 Å². The molecule has 0 saturated heterocycles. The number of rotatable bonds is 2. The van der Waals surface area contributed by atoms with Crippen molar-refractivity contribution in [2.75, 3.05) is 6.54 Å². The summed E-state index contributed by atoms with van der Waals surface area (Å²) < 4.78 is 25.5. The van der Waals surface area contributed by atoms with Crippen LogP contribution in [0.3, 0.4) is 0 Å². The van der Waals surface area contributed by atoms with Crippen molar-refractivity contribution in [3.8, 4) is 0 Å². The fourth-order valence-corrected chi connectivity index (χ4v) is 1.56. The molecule has 1 rings (SSSR count). The zero-order valence-electron chi connectivity index (χ0n) is 7.97. The van der Waals surface area contributed by atoms with Crippen LogP contribution in [0.4, 0.5) is 8.78 Å². The topological polar surface area (TPSA) is 76.4 Å². The number of halogens is 2. The van der Waals surface area contributed by atoms with E-state index in [9.17, 15) is 8.78 Å². The third kappa shape index (κ3) is 3.45. The third-order valence-corrected chi connectivity index (χ3v) is 2.50. The summed E-state index contributed by atoms with van der Waals surface area (Å²) in [5.41, 5.74) is 7.51. The van der Waals surface area contributed by atoms with Crippen LogP contribution in [0.5, 0.6) is 0 Å². The van der Waals surface area contributed by atoms with Crippen molar-refractivity contribution in [2.24, 2.45) is 22.5 Å². The number of aliphatic imine (C=N–C) groups is 1. The maximum absolute atomic E-state index is 12.7. The number of guanidine groups is 1. The Kier molecular flexibility index (Phi) is 3.62. The lowest BCUT2D eigenvalue weighted by Gasteiger charge is -2.27. The molecule has 5 N–H and O–H groups in total. The molecule has 0 aromatic carbocycles. The van der Waals surface area contributed by atoms with Crippen LogP contribution in [0.2, 0.25) is 0 Å². The van der Waals surface area contributed by atoms with Gasteiger partial charge in [0.25, 0.3) is 0 Å². The number of alkyl halides is 2. The Labute approximate surface area is 81.7 Å². The highest BCUT2D eigenvalue weighted by Crippen LogP contribution is 2.36. The van der Waals surface area contributed by atoms with E-state index in [1.165, 1.54) is 0 Å². The van der Waals surface area contributed by atoms with Gasteiger partial charge in [-0.2, -0.15) is 0 Å². The molecule has 1 aliphatic rings. The predicted octanol–water partition coefficient (Wildman–Crippen LogP) is 0.590. The number of hydrogen-bond acceptors (Lipinski definition) is 2. The lowest BCUT2D eigenvalue weighted by atomic mass is 9.87. The second-order valence-corrected chi connectivity index (χ2v) is 3.67. The molecule has 0 heterocycles. The average Bonchev–Trinajstić information content (AvgIpc) is 2.16. The van der Waals surface area contributed by atoms with Crippen molar-refractivity contribution < 1.29 is 8.78 Å². The Hall–Kier alpha value is -0.910. The van der Waals surface area contributed by atoms with Crippen LogP contribution >= 0.6 is 0 Å². The van der Waals surface area contributed by atoms with E-state index in [-0.39, 0.29) is 24.7 Å². The van der Waals surface area contributed by atoms with E-state index in [4.69, 9.17) is 11.6 Å². The summed E-state index contributed by atoms with van der Waals surface area (Å²) in [4.78, 5) is 3.93. The van der Waals surface area contributed by atoms with Gasteiger partial charge >= 0.3 is 0 Å². The average molecular weight is 206 g/mol. The van der Waals surface area contributed by atoms with E-state index in [2.05, 4.69) is 10.4 Å². The molecule has 0 aromatic rings. The van der Waals surface area contributed by atoms with E-state index in [1.807, 2.05) is 0 Å². The first-order valence-electron chi connectivity index (χ1n) is 4.68. The van der Waals surface area contributed by atoms with Gasteiger partial charge in [-0.25, -0.2) is 14.6 Å². The number of nitrogens with zero attached hydrogens (tertiary/aromatic N) is 1. The van der Waals surface area contributed by atoms with E-state index in [0.29, 0.717) is 19.4 Å². The van der Waals surface area contributed by atoms with Crippen molar-refractivity contribution in [1.29, 1.82) is 0 Å². The molecule has 0 amide bonds. The molecule has 1 fully saturated rings. The summed E-state index contributed by atoms with van der Waals surface area (Å²) in [6, 6.07) is 0. The highest BCUT2D eigenvalue weighted by Gasteiger charge is 2.34. The van der Waals surface area contributed by atoms with Crippen LogP contribution in [-0.2, 0) is 0 Å². The minimum atomic E-state index is -2.47. The second kappa shape index (κ2) is 4.54. The van der Waals surface area contributed by atoms with Gasteiger partial charge in [-0.15, -0.1) is 0 Å². The van der Waals surface area contributed by atoms with Gasteiger partial charge in [0.15, 0.2) is 0 Å². The van der Waals surface area contributed by atoms with Gasteiger partial charge in [-0.05, 0) is 18.8 Å². The van der Waals surface area contributed by atoms with Crippen LogP contribution in [0, 0.1) is 5.92 Å². The molecule has 0 aliphatic heterocycles. The lowest BCUT2D eigenvalue weighted by molar-refractivity contribution is -0.0446. The number of nitrogens with two attached hydrogens (primary N) is 2. The predicted molar refractivity (Wildman–Crippen MR) is 50.7 cm³/mol. The first-order valence-corrected chi connectivity index (χ1v) is 4.68. The third-order valence-electron chi connectivity index (χ3n) is 2.50. The first kappa shape index (κ1) is 11.2. The molecule has 0 atom stereocenters. The molecule has 0 bridgehead atoms. The van der Waals surface area contributed by atoms with E-state index < -0.39 is 5.92 Å². The second-order valence-electron chi connectivity index (χ2n) is 3.67. The fourth-order valence-electron chi connectivity index (χ4n) is 1.56. The molecule has 6 heteroatoms. The summed E-state index contributed by atoms with van der Waals surface area (Å²) in [6.07, 6.45) is 0.939. The zero-order valence-corrected chi connectivity index (χ0v) is 7.97. The molecular formula is C8H16F2N4. The van der Waals surface area contributed by atoms with E-state index in [1.54, 1.807) is 0 Å². The SMILES string of the molecule is NNC(N)=NCC1CCC(F)(F)CC1. The normalized spacial score (nSPS) is 23.5. The van der Waals surface area contributed by atoms with Crippen LogP contribution in [0.25, 0.3) is 0 Å². The van der Waals surface area contributed by atoms with Crippen LogP contribution in [0.15, 0.2) is 4.99 Å². The van der Waals surface area contributed by atoms with Gasteiger partial charge in [0, 0.05) is 19.4 Å². The van der Waals surface area contributed by atoms with Crippen molar-refractivity contribution in [1.82, 2.24) is 5.43 Å². The highest BCUT2D eigenvalue weighted by molar-refractivity contribution is 5.77. The Balaban J connectivity index is 2.29. The quantitative estimate of drug-likeness (QED) is 0.268. The molecule has 0 radical (unpaired) electrons. The maximum atomic E-state index is 12.7. The Morgan fingerprint density at radius 1 is 1.43 bits per heavy atom. The van der Waals surface area contributed by atoms with E-state index >= 15 is 0 Å². The Morgan fingerprint density at radius 2 is 2.00 bits per heavy atom. The van der Waals surface area contributed by atoms with Crippen LogP contribution in [-0.4, -0.2) is 18.4 Å². The Morgan fingerprint density at radius 3 is 2.50 bits per heavy atom. The molecule has 1 saturated carbocycles. The summed E-state index contributed by atoms with van der Waals surface area (Å²) in [5.74, 6) is 2.90. The molecule has 82 valence electrons. The Bertz CT molecular complexity index is 207. The summed E-state index contributed by atoms with van der Waals surface area (Å²) >= 11 is 0. The van der Waals surface area contributed by atoms with Crippen molar-refractivity contribution in [3.05, 3.63) is 0 Å². The lowest BCUT2D eigenvalue weighted by Crippen LogP contribution is -2.37. The van der Waals surface area contributed by atoms with Crippen molar-refractivity contribution >= 4 is 5.96 Å². The largest absolute Gasteiger partial charge is 0.369 e. The summed E-state index contributed by atoms with van der Waals surface area (Å²) in [7, 11) is 0. The van der Waals surface area contributed by atoms with Gasteiger partial charge in [0.05, 0.1) is 0 Å². The smallest absolute Gasteiger partial charge is 0.248 e. The first-order chi connectivity index (χ1) is 6.53. The van der Waals surface area contributed by atoms with Gasteiger partial charge < -0.3 is 5.73 Å². The van der Waals surface area contributed by atoms with Gasteiger partial charge in [-0.3, -0.25) is 10.4 Å². The van der Waals surface area contributed by atoms with E-state index in [0.717, 1.165) is 0 Å². The summed E-state index contributed by atoms with van der Waals surface area (Å²) in [6.45, 7) is 0.478. The molecular weight excluding hydrogens is 190 g/mol. The standard InChI is InChI=1S/C8H16F2N4/c9-8(10)3-1-6(2-4-8)5-13-7(11)14-12/h6H,1-5,12H2,(H3,11,13,14). The number of nitrogens with one attached hydrogen (secondary N) is 1. The fraction of sp³-hybridized carbons (Fsp3) is 0.875. The van der Waals surface area contributed by atoms with Gasteiger partial charge in [0.2, 0.25) is 11.9 Å². The monoisotopic (exact) mass is 206 g/mol. The number of hydrazine groups is 1. The molecule has 4 nitrogen and oxygen atoms in total. The molecule has 0 spiro atoms. The molecule has 0 aromatic heterocycles. The van der Waals surface area contributed by atoms with Gasteiger partial charge in [-0.1, -0.05) is 0 Å². The minimum Gasteiger partial charge on any atom is -0.369 e. The van der Waals surface area contributed by atoms with Crippen molar-refractivity contribution in [2.45, 2.75) is 31.6 Å². The van der Waals surface area contributed by atoms with Crippen LogP contribution in [0.1, 0.15) is 25.7 Å². The number of hydrogen-bond donors (Lipinski definition) is 3.